The number of hydrogen-bond donors (Lipinski definition) is 1. The van der Waals surface area contributed by atoms with Crippen LogP contribution >= 0.6 is 12.2 Å². The molecule has 0 radical (unpaired) electrons. The number of nitrogens with zero attached hydrogens (tertiary/aromatic N) is 3. The number of thiocarbonyl (C=S) groups is 1. The Labute approximate surface area is 222 Å². The van der Waals surface area contributed by atoms with E-state index in [1.54, 1.807) is 6.07 Å². The molecule has 2 aromatic heterocycles. The minimum absolute atomic E-state index is 0.139. The lowest BCUT2D eigenvalue weighted by atomic mass is 9.96. The summed E-state index contributed by atoms with van der Waals surface area (Å²) in [5.41, 5.74) is 7.69. The molecule has 0 spiro atoms. The number of anilines is 1. The van der Waals surface area contributed by atoms with Crippen LogP contribution in [0, 0.1) is 13.8 Å². The standard InChI is InChI=1S/C30H30N4O2S/c1-5-21-13-15-22(16-14-21)34-28(27(32-30(34)37)25-11-8-9-17-31-25)24-18-19(2)33(20(24)3)26-12-7-6-10-23(26)29(35)36-4/h6-18,27-28H,5H2,1-4H3,(H,32,37)/t27-,28+/m0/s1. The van der Waals surface area contributed by atoms with Gasteiger partial charge in [-0.1, -0.05) is 37.3 Å². The predicted octanol–water partition coefficient (Wildman–Crippen LogP) is 6.02. The maximum Gasteiger partial charge on any atom is 0.339 e. The molecule has 0 amide bonds. The highest BCUT2D eigenvalue weighted by molar-refractivity contribution is 7.80. The van der Waals surface area contributed by atoms with E-state index in [4.69, 9.17) is 17.0 Å². The molecular weight excluding hydrogens is 480 g/mol. The fourth-order valence-corrected chi connectivity index (χ4v) is 5.60. The van der Waals surface area contributed by atoms with Crippen molar-refractivity contribution in [3.63, 3.8) is 0 Å². The van der Waals surface area contributed by atoms with E-state index in [0.717, 1.165) is 40.4 Å². The number of ether oxygens (including phenoxy) is 1. The minimum Gasteiger partial charge on any atom is -0.465 e. The van der Waals surface area contributed by atoms with Crippen molar-refractivity contribution in [1.29, 1.82) is 0 Å². The van der Waals surface area contributed by atoms with Crippen LogP contribution in [0.25, 0.3) is 5.69 Å². The van der Waals surface area contributed by atoms with Crippen molar-refractivity contribution in [2.24, 2.45) is 0 Å². The highest BCUT2D eigenvalue weighted by Gasteiger charge is 2.42. The molecule has 2 aromatic carbocycles. The van der Waals surface area contributed by atoms with E-state index in [1.165, 1.54) is 12.7 Å². The number of aryl methyl sites for hydroxylation is 2. The van der Waals surface area contributed by atoms with Crippen LogP contribution in [0.4, 0.5) is 5.69 Å². The molecule has 2 atom stereocenters. The molecule has 0 saturated carbocycles. The van der Waals surface area contributed by atoms with Gasteiger partial charge in [0.2, 0.25) is 0 Å². The Hall–Kier alpha value is -3.97. The smallest absolute Gasteiger partial charge is 0.339 e. The highest BCUT2D eigenvalue weighted by atomic mass is 32.1. The number of methoxy groups -OCH3 is 1. The van der Waals surface area contributed by atoms with Crippen molar-refractivity contribution >= 4 is 29.0 Å². The third kappa shape index (κ3) is 4.40. The quantitative estimate of drug-likeness (QED) is 0.253. The van der Waals surface area contributed by atoms with Gasteiger partial charge in [0.25, 0.3) is 0 Å². The Balaban J connectivity index is 1.68. The van der Waals surface area contributed by atoms with Crippen molar-refractivity contribution in [3.05, 3.63) is 113 Å². The number of benzene rings is 2. The molecule has 5 rings (SSSR count). The van der Waals surface area contributed by atoms with Crippen LogP contribution in [-0.2, 0) is 11.2 Å². The van der Waals surface area contributed by atoms with Crippen LogP contribution in [0.15, 0.2) is 79.0 Å². The molecule has 1 fully saturated rings. The van der Waals surface area contributed by atoms with Gasteiger partial charge in [-0.3, -0.25) is 4.98 Å². The van der Waals surface area contributed by atoms with Gasteiger partial charge in [0.1, 0.15) is 0 Å². The summed E-state index contributed by atoms with van der Waals surface area (Å²) in [6.07, 6.45) is 2.79. The van der Waals surface area contributed by atoms with E-state index >= 15 is 0 Å². The van der Waals surface area contributed by atoms with Crippen LogP contribution in [0.2, 0.25) is 0 Å². The van der Waals surface area contributed by atoms with Gasteiger partial charge in [-0.05, 0) is 86.1 Å². The van der Waals surface area contributed by atoms with Crippen LogP contribution in [0.1, 0.15) is 57.6 Å². The third-order valence-electron chi connectivity index (χ3n) is 7.06. The first kappa shape index (κ1) is 24.7. The maximum absolute atomic E-state index is 12.6. The summed E-state index contributed by atoms with van der Waals surface area (Å²) in [6.45, 7) is 6.30. The van der Waals surface area contributed by atoms with E-state index in [-0.39, 0.29) is 18.1 Å². The summed E-state index contributed by atoms with van der Waals surface area (Å²) in [4.78, 5) is 19.4. The zero-order valence-corrected chi connectivity index (χ0v) is 22.3. The SMILES string of the molecule is CCc1ccc(N2C(=S)N[C@@H](c3ccccn3)[C@H]2c2cc(C)n(-c3ccccc3C(=O)OC)c2C)cc1. The van der Waals surface area contributed by atoms with Gasteiger partial charge in [0, 0.05) is 23.3 Å². The van der Waals surface area contributed by atoms with Crippen LogP contribution < -0.4 is 10.2 Å². The maximum atomic E-state index is 12.6. The number of rotatable bonds is 6. The number of nitrogens with one attached hydrogen (secondary N) is 1. The molecule has 0 unspecified atom stereocenters. The fraction of sp³-hybridized carbons (Fsp3) is 0.233. The summed E-state index contributed by atoms with van der Waals surface area (Å²) in [7, 11) is 1.41. The Morgan fingerprint density at radius 3 is 2.46 bits per heavy atom. The molecule has 188 valence electrons. The summed E-state index contributed by atoms with van der Waals surface area (Å²) in [5.74, 6) is -0.364. The van der Waals surface area contributed by atoms with Gasteiger partial charge in [-0.25, -0.2) is 4.79 Å². The fourth-order valence-electron chi connectivity index (χ4n) is 5.25. The van der Waals surface area contributed by atoms with E-state index in [0.29, 0.717) is 10.7 Å². The number of para-hydroxylation sites is 1. The molecule has 3 heterocycles. The van der Waals surface area contributed by atoms with E-state index in [1.807, 2.05) is 42.6 Å². The first-order chi connectivity index (χ1) is 17.9. The molecule has 37 heavy (non-hydrogen) atoms. The van der Waals surface area contributed by atoms with Gasteiger partial charge in [-0.2, -0.15) is 0 Å². The normalized spacial score (nSPS) is 17.1. The Kier molecular flexibility index (Phi) is 6.80. The lowest BCUT2D eigenvalue weighted by Gasteiger charge is -2.28. The van der Waals surface area contributed by atoms with Crippen LogP contribution in [0.3, 0.4) is 0 Å². The Morgan fingerprint density at radius 2 is 1.78 bits per heavy atom. The van der Waals surface area contributed by atoms with Crippen molar-refractivity contribution in [1.82, 2.24) is 14.9 Å². The highest BCUT2D eigenvalue weighted by Crippen LogP contribution is 2.44. The molecular formula is C30H30N4O2S. The lowest BCUT2D eigenvalue weighted by Crippen LogP contribution is -2.29. The summed E-state index contributed by atoms with van der Waals surface area (Å²) >= 11 is 5.90. The Bertz CT molecular complexity index is 1450. The number of pyridine rings is 1. The van der Waals surface area contributed by atoms with E-state index in [9.17, 15) is 4.79 Å². The van der Waals surface area contributed by atoms with Crippen molar-refractivity contribution in [2.75, 3.05) is 12.0 Å². The Morgan fingerprint density at radius 1 is 1.05 bits per heavy atom. The molecule has 0 aliphatic carbocycles. The predicted molar refractivity (Wildman–Crippen MR) is 150 cm³/mol. The monoisotopic (exact) mass is 510 g/mol. The van der Waals surface area contributed by atoms with Crippen molar-refractivity contribution in [3.8, 4) is 5.69 Å². The topological polar surface area (TPSA) is 59.4 Å². The second-order valence-corrected chi connectivity index (χ2v) is 9.57. The zero-order valence-electron chi connectivity index (χ0n) is 21.4. The third-order valence-corrected chi connectivity index (χ3v) is 7.37. The zero-order chi connectivity index (χ0) is 26.1. The van der Waals surface area contributed by atoms with Crippen molar-refractivity contribution in [2.45, 2.75) is 39.3 Å². The molecule has 1 saturated heterocycles. The van der Waals surface area contributed by atoms with Gasteiger partial charge in [-0.15, -0.1) is 0 Å². The van der Waals surface area contributed by atoms with Gasteiger partial charge in [0.05, 0.1) is 36.1 Å². The number of carbonyl (C=O) groups excluding carboxylic acids is 1. The van der Waals surface area contributed by atoms with Crippen molar-refractivity contribution < 1.29 is 9.53 Å². The average Bonchev–Trinajstić information content (AvgIpc) is 3.43. The molecule has 4 aromatic rings. The second kappa shape index (κ2) is 10.2. The van der Waals surface area contributed by atoms with E-state index < -0.39 is 0 Å². The minimum atomic E-state index is -0.364. The first-order valence-corrected chi connectivity index (χ1v) is 12.8. The van der Waals surface area contributed by atoms with Crippen LogP contribution in [0.5, 0.6) is 0 Å². The summed E-state index contributed by atoms with van der Waals surface area (Å²) < 4.78 is 7.19. The molecule has 1 aliphatic rings. The van der Waals surface area contributed by atoms with Gasteiger partial charge < -0.3 is 19.5 Å². The van der Waals surface area contributed by atoms with E-state index in [2.05, 4.69) is 70.9 Å². The second-order valence-electron chi connectivity index (χ2n) is 9.19. The number of aromatic nitrogens is 2. The molecule has 6 nitrogen and oxygen atoms in total. The summed E-state index contributed by atoms with van der Waals surface area (Å²) in [6, 6.07) is 23.9. The average molecular weight is 511 g/mol. The number of esters is 1. The molecule has 0 bridgehead atoms. The summed E-state index contributed by atoms with van der Waals surface area (Å²) in [5, 5.41) is 4.20. The van der Waals surface area contributed by atoms with Gasteiger partial charge >= 0.3 is 5.97 Å². The van der Waals surface area contributed by atoms with Crippen LogP contribution in [-0.4, -0.2) is 27.7 Å². The molecule has 1 aliphatic heterocycles. The first-order valence-electron chi connectivity index (χ1n) is 12.4. The largest absolute Gasteiger partial charge is 0.465 e. The number of carbonyl (C=O) groups is 1. The number of hydrogen-bond acceptors (Lipinski definition) is 4. The molecule has 1 N–H and O–H groups in total. The lowest BCUT2D eigenvalue weighted by molar-refractivity contribution is 0.0600. The van der Waals surface area contributed by atoms with Gasteiger partial charge in [0.15, 0.2) is 5.11 Å². The molecule has 7 heteroatoms.